The first kappa shape index (κ1) is 23.9. The van der Waals surface area contributed by atoms with E-state index >= 15 is 0 Å². The van der Waals surface area contributed by atoms with Crippen molar-refractivity contribution in [2.75, 3.05) is 6.54 Å². The van der Waals surface area contributed by atoms with E-state index in [0.29, 0.717) is 25.8 Å². The summed E-state index contributed by atoms with van der Waals surface area (Å²) in [4.78, 5) is 32.7. The van der Waals surface area contributed by atoms with E-state index < -0.39 is 4.92 Å². The monoisotopic (exact) mass is 491 g/mol. The molecule has 0 spiro atoms. The fraction of sp³-hybridized carbons (Fsp3) is 0.138. The van der Waals surface area contributed by atoms with Gasteiger partial charge in [-0.15, -0.1) is 0 Å². The molecule has 0 radical (unpaired) electrons. The molecule has 37 heavy (non-hydrogen) atoms. The Morgan fingerprint density at radius 1 is 0.892 bits per heavy atom. The zero-order chi connectivity index (χ0) is 25.6. The van der Waals surface area contributed by atoms with Crippen molar-refractivity contribution in [3.05, 3.63) is 119 Å². The van der Waals surface area contributed by atoms with Gasteiger partial charge in [0, 0.05) is 55.2 Å². The van der Waals surface area contributed by atoms with Crippen LogP contribution in [-0.4, -0.2) is 31.7 Å². The van der Waals surface area contributed by atoms with Crippen LogP contribution in [0.2, 0.25) is 0 Å². The fourth-order valence-electron chi connectivity index (χ4n) is 4.33. The van der Waals surface area contributed by atoms with Gasteiger partial charge in [-0.25, -0.2) is 4.98 Å². The minimum Gasteiger partial charge on any atom is -0.356 e. The molecule has 184 valence electrons. The first-order valence-electron chi connectivity index (χ1n) is 12.1. The van der Waals surface area contributed by atoms with E-state index in [4.69, 9.17) is 4.98 Å². The Kier molecular flexibility index (Phi) is 6.98. The Morgan fingerprint density at radius 3 is 2.49 bits per heavy atom. The lowest BCUT2D eigenvalue weighted by molar-refractivity contribution is -0.384. The van der Waals surface area contributed by atoms with Crippen molar-refractivity contribution in [1.29, 1.82) is 0 Å². The molecule has 3 heterocycles. The second-order valence-corrected chi connectivity index (χ2v) is 8.65. The molecule has 0 aliphatic rings. The van der Waals surface area contributed by atoms with E-state index in [9.17, 15) is 14.9 Å². The molecule has 0 bridgehead atoms. The molecular weight excluding hydrogens is 466 g/mol. The van der Waals surface area contributed by atoms with Crippen LogP contribution >= 0.6 is 0 Å². The third-order valence-corrected chi connectivity index (χ3v) is 6.17. The number of amides is 1. The molecule has 2 aromatic carbocycles. The maximum absolute atomic E-state index is 12.7. The molecule has 0 aliphatic heterocycles. The number of benzene rings is 2. The number of aromatic nitrogens is 3. The minimum atomic E-state index is -0.398. The van der Waals surface area contributed by atoms with Gasteiger partial charge in [0.25, 0.3) is 5.69 Å². The zero-order valence-corrected chi connectivity index (χ0v) is 20.1. The lowest BCUT2D eigenvalue weighted by atomic mass is 10.1. The van der Waals surface area contributed by atoms with Crippen LogP contribution in [-0.2, 0) is 17.6 Å². The number of nitrogens with zero attached hydrogens (tertiary/aromatic N) is 4. The number of hydrogen-bond donors (Lipinski definition) is 1. The average molecular weight is 492 g/mol. The summed E-state index contributed by atoms with van der Waals surface area (Å²) in [5.74, 6) is -0.0419. The van der Waals surface area contributed by atoms with Crippen molar-refractivity contribution in [3.63, 3.8) is 0 Å². The maximum Gasteiger partial charge on any atom is 0.270 e. The number of nitro groups is 1. The molecule has 0 saturated carbocycles. The van der Waals surface area contributed by atoms with Gasteiger partial charge in [-0.1, -0.05) is 48.5 Å². The number of carbonyl (C=O) groups is 1. The van der Waals surface area contributed by atoms with E-state index in [1.807, 2.05) is 77.3 Å². The van der Waals surface area contributed by atoms with Crippen LogP contribution in [0.4, 0.5) is 5.69 Å². The first-order chi connectivity index (χ1) is 18.1. The third-order valence-electron chi connectivity index (χ3n) is 6.17. The van der Waals surface area contributed by atoms with Crippen LogP contribution in [0, 0.1) is 10.1 Å². The summed E-state index contributed by atoms with van der Waals surface area (Å²) in [6.07, 6.45) is 5.14. The quantitative estimate of drug-likeness (QED) is 0.224. The van der Waals surface area contributed by atoms with E-state index in [2.05, 4.69) is 10.3 Å². The lowest BCUT2D eigenvalue weighted by Gasteiger charge is -2.09. The molecular formula is C29H25N5O3. The molecule has 0 saturated heterocycles. The molecule has 3 aromatic heterocycles. The summed E-state index contributed by atoms with van der Waals surface area (Å²) in [6, 6.07) is 26.0. The van der Waals surface area contributed by atoms with E-state index in [-0.39, 0.29) is 11.6 Å². The maximum atomic E-state index is 12.7. The predicted octanol–water partition coefficient (Wildman–Crippen LogP) is 5.26. The molecule has 8 nitrogen and oxygen atoms in total. The highest BCUT2D eigenvalue weighted by atomic mass is 16.6. The van der Waals surface area contributed by atoms with Gasteiger partial charge in [-0.05, 0) is 41.8 Å². The standard InChI is InChI=1S/C29H25N5O3/c35-28(31-18-16-24-10-4-5-17-30-24)15-13-26-29(21-7-2-1-3-8-21)32-27-14-12-23(20-33(26)27)22-9-6-11-25(19-22)34(36)37/h1-12,14,17,19-20H,13,15-16,18H2,(H,31,35). The zero-order valence-electron chi connectivity index (χ0n) is 20.1. The van der Waals surface area contributed by atoms with Crippen molar-refractivity contribution in [3.8, 4) is 22.4 Å². The van der Waals surface area contributed by atoms with Gasteiger partial charge in [0.1, 0.15) is 5.65 Å². The van der Waals surface area contributed by atoms with Crippen LogP contribution in [0.5, 0.6) is 0 Å². The third kappa shape index (κ3) is 5.54. The van der Waals surface area contributed by atoms with Crippen LogP contribution in [0.1, 0.15) is 17.8 Å². The first-order valence-corrected chi connectivity index (χ1v) is 12.1. The summed E-state index contributed by atoms with van der Waals surface area (Å²) in [6.45, 7) is 0.519. The topological polar surface area (TPSA) is 102 Å². The lowest BCUT2D eigenvalue weighted by Crippen LogP contribution is -2.26. The van der Waals surface area contributed by atoms with Crippen molar-refractivity contribution in [2.24, 2.45) is 0 Å². The number of pyridine rings is 2. The Hall–Kier alpha value is -4.85. The Balaban J connectivity index is 1.42. The second-order valence-electron chi connectivity index (χ2n) is 8.65. The van der Waals surface area contributed by atoms with Crippen molar-refractivity contribution < 1.29 is 9.72 Å². The minimum absolute atomic E-state index is 0.0378. The molecule has 5 rings (SSSR count). The molecule has 8 heteroatoms. The number of nitro benzene ring substituents is 1. The predicted molar refractivity (Wildman–Crippen MR) is 142 cm³/mol. The normalized spacial score (nSPS) is 10.9. The van der Waals surface area contributed by atoms with Crippen molar-refractivity contribution in [2.45, 2.75) is 19.3 Å². The van der Waals surface area contributed by atoms with Crippen LogP contribution in [0.3, 0.4) is 0 Å². The van der Waals surface area contributed by atoms with Crippen LogP contribution in [0.25, 0.3) is 28.0 Å². The molecule has 0 fully saturated rings. The largest absolute Gasteiger partial charge is 0.356 e. The van der Waals surface area contributed by atoms with Crippen LogP contribution in [0.15, 0.2) is 97.3 Å². The highest BCUT2D eigenvalue weighted by molar-refractivity contribution is 5.77. The number of carbonyl (C=O) groups excluding carboxylic acids is 1. The average Bonchev–Trinajstić information content (AvgIpc) is 3.31. The van der Waals surface area contributed by atoms with Gasteiger partial charge in [0.15, 0.2) is 0 Å². The molecule has 5 aromatic rings. The van der Waals surface area contributed by atoms with Gasteiger partial charge in [-0.2, -0.15) is 0 Å². The molecule has 1 N–H and O–H groups in total. The fourth-order valence-corrected chi connectivity index (χ4v) is 4.33. The number of fused-ring (bicyclic) bond motifs is 1. The Bertz CT molecular complexity index is 1550. The second kappa shape index (κ2) is 10.8. The number of rotatable bonds is 9. The number of aryl methyl sites for hydroxylation is 1. The van der Waals surface area contributed by atoms with Gasteiger partial charge in [0.2, 0.25) is 5.91 Å². The summed E-state index contributed by atoms with van der Waals surface area (Å²) < 4.78 is 1.98. The number of hydrogen-bond acceptors (Lipinski definition) is 5. The van der Waals surface area contributed by atoms with Crippen molar-refractivity contribution in [1.82, 2.24) is 19.7 Å². The Labute approximate surface area is 213 Å². The Morgan fingerprint density at radius 2 is 1.70 bits per heavy atom. The van der Waals surface area contributed by atoms with E-state index in [0.717, 1.165) is 39.4 Å². The molecule has 1 amide bonds. The highest BCUT2D eigenvalue weighted by Crippen LogP contribution is 2.29. The molecule has 0 atom stereocenters. The summed E-state index contributed by atoms with van der Waals surface area (Å²) in [5.41, 5.74) is 5.98. The van der Waals surface area contributed by atoms with E-state index in [1.54, 1.807) is 18.3 Å². The number of nitrogens with one attached hydrogen (secondary N) is 1. The van der Waals surface area contributed by atoms with Crippen molar-refractivity contribution >= 4 is 17.2 Å². The smallest absolute Gasteiger partial charge is 0.270 e. The van der Waals surface area contributed by atoms with Gasteiger partial charge >= 0.3 is 0 Å². The SMILES string of the molecule is O=C(CCc1c(-c2ccccc2)nc2ccc(-c3cccc([N+](=O)[O-])c3)cn12)NCCc1ccccn1. The molecule has 0 aliphatic carbocycles. The summed E-state index contributed by atoms with van der Waals surface area (Å²) in [5, 5.41) is 14.2. The number of imidazole rings is 1. The molecule has 0 unspecified atom stereocenters. The van der Waals surface area contributed by atoms with Gasteiger partial charge < -0.3 is 9.72 Å². The van der Waals surface area contributed by atoms with Gasteiger partial charge in [-0.3, -0.25) is 19.9 Å². The van der Waals surface area contributed by atoms with Crippen LogP contribution < -0.4 is 5.32 Å². The van der Waals surface area contributed by atoms with Gasteiger partial charge in [0.05, 0.1) is 16.3 Å². The summed E-state index contributed by atoms with van der Waals surface area (Å²) in [7, 11) is 0. The summed E-state index contributed by atoms with van der Waals surface area (Å²) >= 11 is 0. The van der Waals surface area contributed by atoms with E-state index in [1.165, 1.54) is 6.07 Å². The number of non-ortho nitro benzene ring substituents is 1. The highest BCUT2D eigenvalue weighted by Gasteiger charge is 2.17.